The van der Waals surface area contributed by atoms with Crippen LogP contribution in [0.4, 0.5) is 0 Å². The van der Waals surface area contributed by atoms with E-state index in [0.29, 0.717) is 0 Å². The number of rotatable bonds is 0. The molecule has 1 unspecified atom stereocenters. The average molecular weight is 173 g/mol. The Morgan fingerprint density at radius 2 is 2.46 bits per heavy atom. The maximum Gasteiger partial charge on any atom is 0.260 e. The largest absolute Gasteiger partial charge is 0.366 e. The minimum Gasteiger partial charge on any atom is -0.366 e. The molecule has 64 valence electrons. The molecule has 13 heavy (non-hydrogen) atoms. The molecular formula is C9H7N3O. The van der Waals surface area contributed by atoms with Gasteiger partial charge in [0.2, 0.25) is 0 Å². The van der Waals surface area contributed by atoms with Crippen LogP contribution < -0.4 is 5.32 Å². The van der Waals surface area contributed by atoms with Crippen molar-refractivity contribution in [2.24, 2.45) is 0 Å². The monoisotopic (exact) mass is 173 g/mol. The van der Waals surface area contributed by atoms with Crippen LogP contribution in [0.3, 0.4) is 0 Å². The van der Waals surface area contributed by atoms with Crippen molar-refractivity contribution < 1.29 is 4.79 Å². The van der Waals surface area contributed by atoms with Gasteiger partial charge < -0.3 is 5.32 Å². The van der Waals surface area contributed by atoms with Crippen molar-refractivity contribution in [3.63, 3.8) is 0 Å². The second-order valence-corrected chi connectivity index (χ2v) is 3.06. The van der Waals surface area contributed by atoms with Crippen molar-refractivity contribution in [3.05, 3.63) is 42.0 Å². The smallest absolute Gasteiger partial charge is 0.260 e. The van der Waals surface area contributed by atoms with E-state index in [1.165, 1.54) is 0 Å². The molecule has 1 N–H and O–H groups in total. The summed E-state index contributed by atoms with van der Waals surface area (Å²) in [5, 5.41) is 3.09. The third kappa shape index (κ3) is 0.697. The summed E-state index contributed by atoms with van der Waals surface area (Å²) in [4.78, 5) is 17.4. The molecule has 1 atom stereocenters. The molecule has 0 saturated carbocycles. The topological polar surface area (TPSA) is 45.2 Å². The number of hydrogen-bond donors (Lipinski definition) is 1. The first kappa shape index (κ1) is 6.65. The lowest BCUT2D eigenvalue weighted by atomic mass is 10.1. The van der Waals surface area contributed by atoms with E-state index < -0.39 is 0 Å². The van der Waals surface area contributed by atoms with Crippen LogP contribution in [0, 0.1) is 0 Å². The lowest BCUT2D eigenvalue weighted by Crippen LogP contribution is -2.23. The van der Waals surface area contributed by atoms with Crippen LogP contribution in [0.2, 0.25) is 0 Å². The molecule has 0 saturated heterocycles. The molecule has 2 aliphatic rings. The molecule has 3 heterocycles. The number of nitrogens with zero attached hydrogens (tertiary/aromatic N) is 2. The van der Waals surface area contributed by atoms with Crippen LogP contribution in [0.25, 0.3) is 0 Å². The number of aromatic nitrogens is 1. The third-order valence-corrected chi connectivity index (χ3v) is 2.38. The van der Waals surface area contributed by atoms with Gasteiger partial charge in [-0.2, -0.15) is 0 Å². The van der Waals surface area contributed by atoms with E-state index in [1.54, 1.807) is 35.8 Å². The fourth-order valence-electron chi connectivity index (χ4n) is 1.76. The van der Waals surface area contributed by atoms with Gasteiger partial charge in [0.15, 0.2) is 0 Å². The molecule has 0 bridgehead atoms. The average Bonchev–Trinajstić information content (AvgIpc) is 2.72. The highest BCUT2D eigenvalue weighted by Gasteiger charge is 2.37. The summed E-state index contributed by atoms with van der Waals surface area (Å²) < 4.78 is 0. The van der Waals surface area contributed by atoms with Crippen LogP contribution in [0.15, 0.2) is 30.9 Å². The van der Waals surface area contributed by atoms with Crippen molar-refractivity contribution in [1.29, 1.82) is 0 Å². The van der Waals surface area contributed by atoms with Gasteiger partial charge in [-0.05, 0) is 6.07 Å². The second-order valence-electron chi connectivity index (χ2n) is 3.06. The third-order valence-electron chi connectivity index (χ3n) is 2.38. The van der Waals surface area contributed by atoms with E-state index in [2.05, 4.69) is 10.3 Å². The summed E-state index contributed by atoms with van der Waals surface area (Å²) in [6, 6.07) is 1.76. The fraction of sp³-hybridized carbons (Fsp3) is 0.111. The zero-order valence-electron chi connectivity index (χ0n) is 6.77. The molecular weight excluding hydrogens is 166 g/mol. The number of carbonyl (C=O) groups excluding carboxylic acids is 1. The zero-order valence-corrected chi connectivity index (χ0v) is 6.77. The lowest BCUT2D eigenvalue weighted by Gasteiger charge is -2.13. The predicted molar refractivity (Wildman–Crippen MR) is 45.4 cm³/mol. The second kappa shape index (κ2) is 2.10. The van der Waals surface area contributed by atoms with E-state index in [9.17, 15) is 4.79 Å². The first-order valence-electron chi connectivity index (χ1n) is 4.07. The molecule has 1 aromatic rings. The Balaban J connectivity index is 2.21. The lowest BCUT2D eigenvalue weighted by molar-refractivity contribution is 0.0813. The van der Waals surface area contributed by atoms with Crippen molar-refractivity contribution in [1.82, 2.24) is 15.2 Å². The maximum absolute atomic E-state index is 11.7. The molecule has 3 rings (SSSR count). The summed E-state index contributed by atoms with van der Waals surface area (Å²) in [6.07, 6.45) is 6.88. The molecule has 0 aliphatic carbocycles. The van der Waals surface area contributed by atoms with E-state index in [1.807, 2.05) is 0 Å². The Kier molecular flexibility index (Phi) is 1.07. The highest BCUT2D eigenvalue weighted by Crippen LogP contribution is 2.33. The number of amides is 1. The fourth-order valence-corrected chi connectivity index (χ4v) is 1.76. The van der Waals surface area contributed by atoms with Crippen LogP contribution in [-0.2, 0) is 0 Å². The highest BCUT2D eigenvalue weighted by molar-refractivity contribution is 5.99. The summed E-state index contributed by atoms with van der Waals surface area (Å²) in [5.74, 6) is 0.0450. The van der Waals surface area contributed by atoms with Gasteiger partial charge in [0.25, 0.3) is 5.91 Å². The Labute approximate surface area is 74.9 Å². The van der Waals surface area contributed by atoms with Crippen molar-refractivity contribution in [2.45, 2.75) is 6.17 Å². The first-order chi connectivity index (χ1) is 6.38. The number of nitrogens with one attached hydrogen (secondary N) is 1. The minimum atomic E-state index is -0.0313. The SMILES string of the molecule is O=C1c2ccncc2C2NC=CN12. The summed E-state index contributed by atoms with van der Waals surface area (Å²) >= 11 is 0. The van der Waals surface area contributed by atoms with E-state index in [0.717, 1.165) is 11.1 Å². The van der Waals surface area contributed by atoms with Gasteiger partial charge >= 0.3 is 0 Å². The maximum atomic E-state index is 11.7. The van der Waals surface area contributed by atoms with Crippen LogP contribution in [0.5, 0.6) is 0 Å². The Morgan fingerprint density at radius 1 is 1.54 bits per heavy atom. The number of carbonyl (C=O) groups is 1. The molecule has 1 amide bonds. The normalized spacial score (nSPS) is 22.9. The van der Waals surface area contributed by atoms with Crippen LogP contribution in [-0.4, -0.2) is 15.8 Å². The van der Waals surface area contributed by atoms with Gasteiger partial charge in [-0.1, -0.05) is 0 Å². The van der Waals surface area contributed by atoms with E-state index in [4.69, 9.17) is 0 Å². The standard InChI is InChI=1S/C9H7N3O/c13-9-6-1-2-10-5-7(6)8-11-3-4-12(8)9/h1-5,8,11H. The summed E-state index contributed by atoms with van der Waals surface area (Å²) in [7, 11) is 0. The number of fused-ring (bicyclic) bond motifs is 3. The highest BCUT2D eigenvalue weighted by atomic mass is 16.2. The quantitative estimate of drug-likeness (QED) is 0.625. The van der Waals surface area contributed by atoms with Gasteiger partial charge in [0.1, 0.15) is 6.17 Å². The molecule has 2 aliphatic heterocycles. The van der Waals surface area contributed by atoms with Crippen molar-refractivity contribution in [3.8, 4) is 0 Å². The Hall–Kier alpha value is -1.84. The first-order valence-corrected chi connectivity index (χ1v) is 4.07. The molecule has 1 aromatic heterocycles. The zero-order chi connectivity index (χ0) is 8.84. The molecule has 4 heteroatoms. The Bertz CT molecular complexity index is 413. The van der Waals surface area contributed by atoms with E-state index >= 15 is 0 Å². The molecule has 0 radical (unpaired) electrons. The molecule has 0 spiro atoms. The minimum absolute atomic E-state index is 0.0313. The molecule has 4 nitrogen and oxygen atoms in total. The number of pyridine rings is 1. The van der Waals surface area contributed by atoms with Gasteiger partial charge in [-0.15, -0.1) is 0 Å². The van der Waals surface area contributed by atoms with Crippen LogP contribution >= 0.6 is 0 Å². The molecule has 0 fully saturated rings. The summed E-state index contributed by atoms with van der Waals surface area (Å²) in [5.41, 5.74) is 1.70. The van der Waals surface area contributed by atoms with Gasteiger partial charge in [0.05, 0.1) is 5.56 Å². The van der Waals surface area contributed by atoms with E-state index in [-0.39, 0.29) is 12.1 Å². The number of hydrogen-bond acceptors (Lipinski definition) is 3. The predicted octanol–water partition coefficient (Wildman–Crippen LogP) is 0.610. The van der Waals surface area contributed by atoms with Crippen LogP contribution in [0.1, 0.15) is 22.1 Å². The van der Waals surface area contributed by atoms with Crippen molar-refractivity contribution >= 4 is 5.91 Å². The van der Waals surface area contributed by atoms with Gasteiger partial charge in [0, 0.05) is 30.4 Å². The van der Waals surface area contributed by atoms with Gasteiger partial charge in [-0.3, -0.25) is 14.7 Å². The van der Waals surface area contributed by atoms with Crippen molar-refractivity contribution in [2.75, 3.05) is 0 Å². The van der Waals surface area contributed by atoms with Gasteiger partial charge in [-0.25, -0.2) is 0 Å². The summed E-state index contributed by atoms with van der Waals surface area (Å²) in [6.45, 7) is 0. The Morgan fingerprint density at radius 3 is 3.38 bits per heavy atom. The molecule has 0 aromatic carbocycles.